The van der Waals surface area contributed by atoms with Crippen LogP contribution in [-0.4, -0.2) is 21.6 Å². The van der Waals surface area contributed by atoms with Gasteiger partial charge in [-0.3, -0.25) is 0 Å². The van der Waals surface area contributed by atoms with E-state index in [4.69, 9.17) is 11.6 Å². The van der Waals surface area contributed by atoms with Gasteiger partial charge in [-0.25, -0.2) is 0 Å². The molecule has 2 N–H and O–H groups in total. The highest BCUT2D eigenvalue weighted by molar-refractivity contribution is 8.00. The molecule has 0 amide bonds. The first-order valence-electron chi connectivity index (χ1n) is 5.23. The summed E-state index contributed by atoms with van der Waals surface area (Å²) in [5.74, 6) is 0.184. The summed E-state index contributed by atoms with van der Waals surface area (Å²) in [6.45, 7) is 5.84. The van der Waals surface area contributed by atoms with Crippen molar-refractivity contribution in [2.75, 3.05) is 0 Å². The lowest BCUT2D eigenvalue weighted by Gasteiger charge is -2.23. The average Bonchev–Trinajstić information content (AvgIpc) is 2.18. The quantitative estimate of drug-likeness (QED) is 0.869. The molecule has 0 aliphatic carbocycles. The zero-order valence-corrected chi connectivity index (χ0v) is 11.2. The molecular formula is C12H17ClO2S. The van der Waals surface area contributed by atoms with Crippen LogP contribution in [0.2, 0.25) is 5.02 Å². The number of benzene rings is 1. The Morgan fingerprint density at radius 1 is 1.25 bits per heavy atom. The van der Waals surface area contributed by atoms with Crippen molar-refractivity contribution in [1.82, 2.24) is 0 Å². The lowest BCUT2D eigenvalue weighted by atomic mass is 10.1. The molecule has 2 unspecified atom stereocenters. The third kappa shape index (κ3) is 3.58. The van der Waals surface area contributed by atoms with Crippen LogP contribution in [0.3, 0.4) is 0 Å². The average molecular weight is 261 g/mol. The van der Waals surface area contributed by atoms with Gasteiger partial charge in [0, 0.05) is 10.6 Å². The predicted molar refractivity (Wildman–Crippen MR) is 70.3 cm³/mol. The van der Waals surface area contributed by atoms with E-state index in [0.29, 0.717) is 15.8 Å². The predicted octanol–water partition coefficient (Wildman–Crippen LogP) is 3.61. The van der Waals surface area contributed by atoms with Gasteiger partial charge in [0.25, 0.3) is 0 Å². The Balaban J connectivity index is 3.05. The molecule has 4 heteroatoms. The molecular weight excluding hydrogens is 244 g/mol. The number of rotatable bonds is 4. The molecule has 0 saturated heterocycles. The second-order valence-corrected chi connectivity index (χ2v) is 6.21. The molecule has 0 radical (unpaired) electrons. The summed E-state index contributed by atoms with van der Waals surface area (Å²) in [6.07, 6.45) is -0.531. The topological polar surface area (TPSA) is 40.5 Å². The lowest BCUT2D eigenvalue weighted by molar-refractivity contribution is 0.190. The first-order chi connectivity index (χ1) is 7.41. The van der Waals surface area contributed by atoms with Crippen molar-refractivity contribution >= 4 is 23.4 Å². The Hall–Kier alpha value is -0.380. The van der Waals surface area contributed by atoms with Gasteiger partial charge < -0.3 is 10.2 Å². The van der Waals surface area contributed by atoms with E-state index in [-0.39, 0.29) is 11.0 Å². The van der Waals surface area contributed by atoms with Crippen LogP contribution in [0.4, 0.5) is 0 Å². The fourth-order valence-electron chi connectivity index (χ4n) is 1.49. The number of phenolic OH excluding ortho intramolecular Hbond substituents is 1. The summed E-state index contributed by atoms with van der Waals surface area (Å²) in [5, 5.41) is 20.3. The molecule has 2 atom stereocenters. The maximum Gasteiger partial charge on any atom is 0.120 e. The molecule has 16 heavy (non-hydrogen) atoms. The van der Waals surface area contributed by atoms with Crippen LogP contribution in [-0.2, 0) is 0 Å². The van der Waals surface area contributed by atoms with E-state index >= 15 is 0 Å². The van der Waals surface area contributed by atoms with Gasteiger partial charge in [0.1, 0.15) is 5.75 Å². The van der Waals surface area contributed by atoms with Crippen molar-refractivity contribution < 1.29 is 10.2 Å². The van der Waals surface area contributed by atoms with E-state index in [1.54, 1.807) is 36.9 Å². The zero-order valence-electron chi connectivity index (χ0n) is 9.64. The first kappa shape index (κ1) is 13.7. The number of phenols is 1. The summed E-state index contributed by atoms with van der Waals surface area (Å²) < 4.78 is 0. The summed E-state index contributed by atoms with van der Waals surface area (Å²) in [5.41, 5.74) is 0.696. The van der Waals surface area contributed by atoms with Crippen LogP contribution in [0.1, 0.15) is 31.6 Å². The zero-order chi connectivity index (χ0) is 12.3. The Kier molecular flexibility index (Phi) is 4.96. The number of halogens is 1. The molecule has 0 aromatic heterocycles. The van der Waals surface area contributed by atoms with Crippen LogP contribution in [0.15, 0.2) is 18.2 Å². The highest BCUT2D eigenvalue weighted by atomic mass is 35.5. The molecule has 90 valence electrons. The molecule has 0 heterocycles. The van der Waals surface area contributed by atoms with E-state index < -0.39 is 6.10 Å². The second kappa shape index (κ2) is 5.80. The minimum atomic E-state index is -0.531. The monoisotopic (exact) mass is 260 g/mol. The van der Waals surface area contributed by atoms with E-state index in [9.17, 15) is 10.2 Å². The third-order valence-corrected chi connectivity index (χ3v) is 3.87. The van der Waals surface area contributed by atoms with Gasteiger partial charge in [-0.1, -0.05) is 25.4 Å². The highest BCUT2D eigenvalue weighted by Crippen LogP contribution is 2.40. The Morgan fingerprint density at radius 2 is 1.88 bits per heavy atom. The molecule has 0 bridgehead atoms. The number of aromatic hydroxyl groups is 1. The van der Waals surface area contributed by atoms with Crippen LogP contribution >= 0.6 is 23.4 Å². The van der Waals surface area contributed by atoms with Gasteiger partial charge in [0.2, 0.25) is 0 Å². The normalized spacial score (nSPS) is 15.1. The van der Waals surface area contributed by atoms with E-state index in [1.165, 1.54) is 0 Å². The van der Waals surface area contributed by atoms with Crippen molar-refractivity contribution in [3.8, 4) is 5.75 Å². The van der Waals surface area contributed by atoms with Crippen LogP contribution in [0.5, 0.6) is 5.75 Å². The molecule has 2 nitrogen and oxygen atoms in total. The summed E-state index contributed by atoms with van der Waals surface area (Å²) >= 11 is 7.52. The fourth-order valence-corrected chi connectivity index (χ4v) is 2.82. The van der Waals surface area contributed by atoms with Gasteiger partial charge in [-0.2, -0.15) is 0 Å². The van der Waals surface area contributed by atoms with E-state index in [0.717, 1.165) is 0 Å². The standard InChI is InChI=1S/C12H17ClO2S/c1-7(2)16-12(8(3)14)10-6-9(13)4-5-11(10)15/h4-8,12,14-15H,1-3H3. The Labute approximate surface area is 106 Å². The van der Waals surface area contributed by atoms with Gasteiger partial charge >= 0.3 is 0 Å². The minimum absolute atomic E-state index is 0.154. The van der Waals surface area contributed by atoms with E-state index in [2.05, 4.69) is 13.8 Å². The maximum atomic E-state index is 9.78. The SMILES string of the molecule is CC(C)SC(c1cc(Cl)ccc1O)C(C)O. The maximum absolute atomic E-state index is 9.78. The van der Waals surface area contributed by atoms with Crippen molar-refractivity contribution in [2.24, 2.45) is 0 Å². The molecule has 1 rings (SSSR count). The third-order valence-electron chi connectivity index (χ3n) is 2.15. The van der Waals surface area contributed by atoms with Crippen LogP contribution in [0, 0.1) is 0 Å². The minimum Gasteiger partial charge on any atom is -0.508 e. The Bertz CT molecular complexity index is 353. The van der Waals surface area contributed by atoms with Gasteiger partial charge in [0.15, 0.2) is 0 Å². The van der Waals surface area contributed by atoms with Crippen molar-refractivity contribution in [2.45, 2.75) is 37.4 Å². The smallest absolute Gasteiger partial charge is 0.120 e. The summed E-state index contributed by atoms with van der Waals surface area (Å²) in [6, 6.07) is 4.91. The molecule has 1 aromatic rings. The highest BCUT2D eigenvalue weighted by Gasteiger charge is 2.22. The van der Waals surface area contributed by atoms with E-state index in [1.807, 2.05) is 0 Å². The number of aliphatic hydroxyl groups is 1. The van der Waals surface area contributed by atoms with Crippen molar-refractivity contribution in [3.05, 3.63) is 28.8 Å². The molecule has 0 aliphatic rings. The molecule has 0 aliphatic heterocycles. The summed E-state index contributed by atoms with van der Waals surface area (Å²) in [4.78, 5) is 0. The molecule has 0 saturated carbocycles. The summed E-state index contributed by atoms with van der Waals surface area (Å²) in [7, 11) is 0. The Morgan fingerprint density at radius 3 is 2.38 bits per heavy atom. The van der Waals surface area contributed by atoms with Crippen molar-refractivity contribution in [3.63, 3.8) is 0 Å². The van der Waals surface area contributed by atoms with Gasteiger partial charge in [0.05, 0.1) is 11.4 Å². The molecule has 0 spiro atoms. The number of hydrogen-bond donors (Lipinski definition) is 2. The largest absolute Gasteiger partial charge is 0.508 e. The first-order valence-corrected chi connectivity index (χ1v) is 6.56. The number of hydrogen-bond acceptors (Lipinski definition) is 3. The van der Waals surface area contributed by atoms with Crippen molar-refractivity contribution in [1.29, 1.82) is 0 Å². The molecule has 0 fully saturated rings. The van der Waals surface area contributed by atoms with Gasteiger partial charge in [-0.15, -0.1) is 11.8 Å². The lowest BCUT2D eigenvalue weighted by Crippen LogP contribution is -2.13. The number of thioether (sulfide) groups is 1. The van der Waals surface area contributed by atoms with Crippen LogP contribution < -0.4 is 0 Å². The van der Waals surface area contributed by atoms with Crippen LogP contribution in [0.25, 0.3) is 0 Å². The molecule has 1 aromatic carbocycles. The second-order valence-electron chi connectivity index (χ2n) is 4.05. The fraction of sp³-hybridized carbons (Fsp3) is 0.500. The number of aliphatic hydroxyl groups excluding tert-OH is 1. The van der Waals surface area contributed by atoms with Gasteiger partial charge in [-0.05, 0) is 30.4 Å².